The first kappa shape index (κ1) is 13.6. The average molecular weight is 297 g/mol. The molecule has 0 aliphatic carbocycles. The van der Waals surface area contributed by atoms with Crippen molar-refractivity contribution in [2.75, 3.05) is 11.1 Å². The van der Waals surface area contributed by atoms with Crippen LogP contribution in [0.15, 0.2) is 36.4 Å². The molecule has 0 radical (unpaired) electrons. The largest absolute Gasteiger partial charge is 0.398 e. The summed E-state index contributed by atoms with van der Waals surface area (Å²) in [6.07, 6.45) is 0. The summed E-state index contributed by atoms with van der Waals surface area (Å²) >= 11 is 1.61. The molecule has 3 N–H and O–H groups in total. The molecule has 5 heteroatoms. The molecule has 3 rings (SSSR count). The van der Waals surface area contributed by atoms with Crippen molar-refractivity contribution in [3.05, 3.63) is 52.5 Å². The number of carbonyl (C=O) groups is 1. The van der Waals surface area contributed by atoms with E-state index in [0.717, 1.165) is 26.5 Å². The van der Waals surface area contributed by atoms with Gasteiger partial charge in [-0.3, -0.25) is 4.79 Å². The number of anilines is 2. The fourth-order valence-corrected chi connectivity index (χ4v) is 3.18. The molecule has 21 heavy (non-hydrogen) atoms. The molecule has 2 aromatic carbocycles. The highest BCUT2D eigenvalue weighted by atomic mass is 32.1. The number of fused-ring (bicyclic) bond motifs is 1. The van der Waals surface area contributed by atoms with Crippen LogP contribution in [0.4, 0.5) is 11.4 Å². The topological polar surface area (TPSA) is 68.0 Å². The van der Waals surface area contributed by atoms with Crippen molar-refractivity contribution in [1.82, 2.24) is 4.98 Å². The van der Waals surface area contributed by atoms with E-state index in [4.69, 9.17) is 5.73 Å². The van der Waals surface area contributed by atoms with Gasteiger partial charge < -0.3 is 11.1 Å². The van der Waals surface area contributed by atoms with E-state index in [1.807, 2.05) is 44.2 Å². The van der Waals surface area contributed by atoms with E-state index in [-0.39, 0.29) is 5.91 Å². The molecule has 3 aromatic rings. The second kappa shape index (κ2) is 5.18. The lowest BCUT2D eigenvalue weighted by Gasteiger charge is -2.10. The van der Waals surface area contributed by atoms with E-state index in [1.54, 1.807) is 17.4 Å². The van der Waals surface area contributed by atoms with Gasteiger partial charge in [-0.05, 0) is 43.7 Å². The number of nitrogen functional groups attached to an aromatic ring is 1. The smallest absolute Gasteiger partial charge is 0.258 e. The molecule has 0 aliphatic rings. The maximum Gasteiger partial charge on any atom is 0.258 e. The Labute approximate surface area is 126 Å². The van der Waals surface area contributed by atoms with Gasteiger partial charge in [0.25, 0.3) is 5.91 Å². The van der Waals surface area contributed by atoms with Crippen LogP contribution >= 0.6 is 11.3 Å². The van der Waals surface area contributed by atoms with Crippen LogP contribution in [0.3, 0.4) is 0 Å². The zero-order valence-corrected chi connectivity index (χ0v) is 12.6. The third kappa shape index (κ3) is 2.60. The van der Waals surface area contributed by atoms with Crippen LogP contribution in [0.25, 0.3) is 10.2 Å². The highest BCUT2D eigenvalue weighted by Crippen LogP contribution is 2.25. The molecule has 0 atom stereocenters. The first-order chi connectivity index (χ1) is 10.0. The van der Waals surface area contributed by atoms with E-state index < -0.39 is 0 Å². The molecule has 0 unspecified atom stereocenters. The molecule has 4 nitrogen and oxygen atoms in total. The van der Waals surface area contributed by atoms with Crippen LogP contribution in [-0.4, -0.2) is 10.9 Å². The second-order valence-corrected chi connectivity index (χ2v) is 6.14. The van der Waals surface area contributed by atoms with E-state index in [0.29, 0.717) is 11.3 Å². The van der Waals surface area contributed by atoms with Crippen molar-refractivity contribution < 1.29 is 4.79 Å². The highest BCUT2D eigenvalue weighted by molar-refractivity contribution is 7.18. The molecule has 0 saturated heterocycles. The quantitative estimate of drug-likeness (QED) is 0.708. The van der Waals surface area contributed by atoms with Crippen molar-refractivity contribution in [1.29, 1.82) is 0 Å². The van der Waals surface area contributed by atoms with Crippen LogP contribution in [-0.2, 0) is 0 Å². The summed E-state index contributed by atoms with van der Waals surface area (Å²) in [5.74, 6) is -0.189. The predicted octanol–water partition coefficient (Wildman–Crippen LogP) is 3.75. The Hall–Kier alpha value is -2.40. The first-order valence-corrected chi connectivity index (χ1v) is 7.40. The van der Waals surface area contributed by atoms with Gasteiger partial charge in [-0.15, -0.1) is 11.3 Å². The van der Waals surface area contributed by atoms with Crippen molar-refractivity contribution >= 4 is 38.8 Å². The molecule has 1 amide bonds. The Morgan fingerprint density at radius 3 is 2.81 bits per heavy atom. The lowest BCUT2D eigenvalue weighted by atomic mass is 10.1. The van der Waals surface area contributed by atoms with Gasteiger partial charge in [0.2, 0.25) is 0 Å². The fourth-order valence-electron chi connectivity index (χ4n) is 2.31. The van der Waals surface area contributed by atoms with Gasteiger partial charge in [0, 0.05) is 11.4 Å². The van der Waals surface area contributed by atoms with Gasteiger partial charge in [0.1, 0.15) is 0 Å². The number of nitrogens with zero attached hydrogens (tertiary/aromatic N) is 1. The minimum atomic E-state index is -0.189. The van der Waals surface area contributed by atoms with Gasteiger partial charge in [-0.25, -0.2) is 4.98 Å². The summed E-state index contributed by atoms with van der Waals surface area (Å²) in [4.78, 5) is 16.8. The lowest BCUT2D eigenvalue weighted by molar-refractivity contribution is 0.102. The predicted molar refractivity (Wildman–Crippen MR) is 87.9 cm³/mol. The Balaban J connectivity index is 1.92. The number of aromatic nitrogens is 1. The van der Waals surface area contributed by atoms with Gasteiger partial charge >= 0.3 is 0 Å². The van der Waals surface area contributed by atoms with Crippen molar-refractivity contribution in [3.8, 4) is 0 Å². The summed E-state index contributed by atoms with van der Waals surface area (Å²) in [5.41, 5.74) is 9.48. The number of hydrogen-bond acceptors (Lipinski definition) is 4. The van der Waals surface area contributed by atoms with Crippen LogP contribution in [0, 0.1) is 13.8 Å². The minimum Gasteiger partial charge on any atom is -0.398 e. The summed E-state index contributed by atoms with van der Waals surface area (Å²) in [7, 11) is 0. The fraction of sp³-hybridized carbons (Fsp3) is 0.125. The third-order valence-electron chi connectivity index (χ3n) is 3.29. The summed E-state index contributed by atoms with van der Waals surface area (Å²) in [5, 5.41) is 3.91. The second-order valence-electron chi connectivity index (χ2n) is 4.91. The number of nitrogens with one attached hydrogen (secondary N) is 1. The van der Waals surface area contributed by atoms with Crippen molar-refractivity contribution in [3.63, 3.8) is 0 Å². The molecule has 0 saturated carbocycles. The number of benzene rings is 2. The van der Waals surface area contributed by atoms with E-state index in [2.05, 4.69) is 10.3 Å². The third-order valence-corrected chi connectivity index (χ3v) is 4.22. The molecule has 1 heterocycles. The molecule has 106 valence electrons. The van der Waals surface area contributed by atoms with Gasteiger partial charge in [-0.2, -0.15) is 0 Å². The Bertz CT molecular complexity index is 818. The number of rotatable bonds is 2. The molecule has 0 spiro atoms. The van der Waals surface area contributed by atoms with Crippen molar-refractivity contribution in [2.24, 2.45) is 0 Å². The number of amides is 1. The summed E-state index contributed by atoms with van der Waals surface area (Å²) < 4.78 is 1.06. The Morgan fingerprint density at radius 1 is 1.24 bits per heavy atom. The van der Waals surface area contributed by atoms with E-state index >= 15 is 0 Å². The van der Waals surface area contributed by atoms with Gasteiger partial charge in [-0.1, -0.05) is 12.1 Å². The highest BCUT2D eigenvalue weighted by Gasteiger charge is 2.13. The molecule has 1 aromatic heterocycles. The van der Waals surface area contributed by atoms with Crippen molar-refractivity contribution in [2.45, 2.75) is 13.8 Å². The number of carbonyl (C=O) groups excluding carboxylic acids is 1. The number of hydrogen-bond donors (Lipinski definition) is 2. The average Bonchev–Trinajstić information content (AvgIpc) is 2.77. The summed E-state index contributed by atoms with van der Waals surface area (Å²) in [6.45, 7) is 3.85. The molecule has 0 bridgehead atoms. The molecular formula is C16H15N3OS. The zero-order valence-electron chi connectivity index (χ0n) is 11.8. The molecule has 0 fully saturated rings. The SMILES string of the molecule is Cc1nc2ccc(NC(=O)c3c(C)cccc3N)cc2s1. The lowest BCUT2D eigenvalue weighted by Crippen LogP contribution is -2.15. The van der Waals surface area contributed by atoms with E-state index in [1.165, 1.54) is 0 Å². The van der Waals surface area contributed by atoms with Crippen LogP contribution in [0.5, 0.6) is 0 Å². The van der Waals surface area contributed by atoms with Gasteiger partial charge in [0.05, 0.1) is 20.8 Å². The normalized spacial score (nSPS) is 10.8. The molecular weight excluding hydrogens is 282 g/mol. The Kier molecular flexibility index (Phi) is 3.35. The zero-order chi connectivity index (χ0) is 15.0. The standard InChI is InChI=1S/C16H15N3OS/c1-9-4-3-5-12(17)15(9)16(20)19-11-6-7-13-14(8-11)21-10(2)18-13/h3-8H,17H2,1-2H3,(H,19,20). The number of aryl methyl sites for hydroxylation is 2. The maximum atomic E-state index is 12.4. The van der Waals surface area contributed by atoms with Crippen LogP contribution in [0.1, 0.15) is 20.9 Å². The summed E-state index contributed by atoms with van der Waals surface area (Å²) in [6, 6.07) is 11.2. The Morgan fingerprint density at radius 2 is 2.05 bits per heavy atom. The van der Waals surface area contributed by atoms with E-state index in [9.17, 15) is 4.79 Å². The van der Waals surface area contributed by atoms with Crippen LogP contribution in [0.2, 0.25) is 0 Å². The van der Waals surface area contributed by atoms with Gasteiger partial charge in [0.15, 0.2) is 0 Å². The number of nitrogens with two attached hydrogens (primary N) is 1. The minimum absolute atomic E-state index is 0.189. The first-order valence-electron chi connectivity index (χ1n) is 6.58. The molecule has 0 aliphatic heterocycles. The maximum absolute atomic E-state index is 12.4. The number of thiazole rings is 1. The van der Waals surface area contributed by atoms with Crippen LogP contribution < -0.4 is 11.1 Å². The monoisotopic (exact) mass is 297 g/mol.